The summed E-state index contributed by atoms with van der Waals surface area (Å²) >= 11 is 0. The summed E-state index contributed by atoms with van der Waals surface area (Å²) in [5, 5.41) is 4.35. The SMILES string of the molecule is Cc1cccc(C)c1-c1ccc2c(c1)oc1c3c4cc(-c5c(C)cccc5C)ccc4n4c5ccc(-c6c(C)cccc6C)cc5oc(c5c6cc(-c7c(C)cccc7C)ccc6n2c15)c34. The van der Waals surface area contributed by atoms with Gasteiger partial charge in [-0.25, -0.2) is 0 Å². The van der Waals surface area contributed by atoms with Gasteiger partial charge < -0.3 is 17.6 Å². The largest absolute Gasteiger partial charge is 0.452 e. The molecule has 66 heavy (non-hydrogen) atoms. The second-order valence-electron chi connectivity index (χ2n) is 18.9. The highest BCUT2D eigenvalue weighted by Gasteiger charge is 2.29. The van der Waals surface area contributed by atoms with E-state index in [-0.39, 0.29) is 0 Å². The van der Waals surface area contributed by atoms with Gasteiger partial charge >= 0.3 is 0 Å². The van der Waals surface area contributed by atoms with Crippen molar-refractivity contribution in [3.63, 3.8) is 0 Å². The Kier molecular flexibility index (Phi) is 8.10. The maximum Gasteiger partial charge on any atom is 0.162 e. The molecule has 4 aromatic heterocycles. The fourth-order valence-corrected chi connectivity index (χ4v) is 11.9. The van der Waals surface area contributed by atoms with Gasteiger partial charge in [0, 0.05) is 10.8 Å². The van der Waals surface area contributed by atoms with Gasteiger partial charge in [-0.2, -0.15) is 0 Å². The first kappa shape index (κ1) is 38.6. The van der Waals surface area contributed by atoms with E-state index in [4.69, 9.17) is 8.83 Å². The molecule has 0 aliphatic rings. The number of aromatic nitrogens is 2. The van der Waals surface area contributed by atoms with Crippen molar-refractivity contribution in [2.24, 2.45) is 0 Å². The van der Waals surface area contributed by atoms with E-state index in [9.17, 15) is 0 Å². The van der Waals surface area contributed by atoms with Crippen molar-refractivity contribution < 1.29 is 8.83 Å². The number of rotatable bonds is 4. The lowest BCUT2D eigenvalue weighted by Crippen LogP contribution is -1.95. The summed E-state index contributed by atoms with van der Waals surface area (Å²) in [5.41, 5.74) is 29.3. The van der Waals surface area contributed by atoms with Crippen LogP contribution in [0.15, 0.2) is 154 Å². The van der Waals surface area contributed by atoms with E-state index in [1.54, 1.807) is 0 Å². The number of hydrogen-bond donors (Lipinski definition) is 0. The number of nitrogens with zero attached hydrogens (tertiary/aromatic N) is 2. The Morgan fingerprint density at radius 1 is 0.303 bits per heavy atom. The molecule has 0 radical (unpaired) electrons. The Hall–Kier alpha value is -7.82. The van der Waals surface area contributed by atoms with Gasteiger partial charge in [0.15, 0.2) is 22.3 Å². The Labute approximate surface area is 382 Å². The van der Waals surface area contributed by atoms with Gasteiger partial charge in [-0.15, -0.1) is 0 Å². The van der Waals surface area contributed by atoms with Crippen LogP contribution in [0, 0.1) is 55.4 Å². The molecule has 0 fully saturated rings. The van der Waals surface area contributed by atoms with Crippen LogP contribution in [0.4, 0.5) is 0 Å². The molecule has 4 heteroatoms. The predicted octanol–water partition coefficient (Wildman–Crippen LogP) is 17.4. The Morgan fingerprint density at radius 3 is 0.879 bits per heavy atom. The van der Waals surface area contributed by atoms with Crippen LogP contribution in [0.3, 0.4) is 0 Å². The van der Waals surface area contributed by atoms with Crippen molar-refractivity contribution in [3.05, 3.63) is 190 Å². The van der Waals surface area contributed by atoms with Gasteiger partial charge in [-0.05, 0) is 193 Å². The zero-order chi connectivity index (χ0) is 44.9. The third-order valence-electron chi connectivity index (χ3n) is 14.7. The first-order valence-corrected chi connectivity index (χ1v) is 23.1. The van der Waals surface area contributed by atoms with Crippen molar-refractivity contribution in [1.82, 2.24) is 8.80 Å². The van der Waals surface area contributed by atoms with E-state index in [1.165, 1.54) is 77.9 Å². The highest BCUT2D eigenvalue weighted by molar-refractivity contribution is 6.35. The summed E-state index contributed by atoms with van der Waals surface area (Å²) < 4.78 is 19.9. The van der Waals surface area contributed by atoms with E-state index in [0.29, 0.717) is 0 Å². The van der Waals surface area contributed by atoms with Crippen molar-refractivity contribution in [2.45, 2.75) is 55.4 Å². The molecule has 0 unspecified atom stereocenters. The van der Waals surface area contributed by atoms with Crippen LogP contribution in [0.5, 0.6) is 0 Å². The molecule has 0 saturated heterocycles. The predicted molar refractivity (Wildman–Crippen MR) is 278 cm³/mol. The van der Waals surface area contributed by atoms with Crippen LogP contribution in [-0.2, 0) is 0 Å². The van der Waals surface area contributed by atoms with Crippen LogP contribution >= 0.6 is 0 Å². The summed E-state index contributed by atoms with van der Waals surface area (Å²) in [6, 6.07) is 53.8. The summed E-state index contributed by atoms with van der Waals surface area (Å²) in [4.78, 5) is 0. The number of benzene rings is 9. The van der Waals surface area contributed by atoms with Gasteiger partial charge in [0.25, 0.3) is 0 Å². The van der Waals surface area contributed by atoms with Gasteiger partial charge in [-0.1, -0.05) is 97.1 Å². The maximum absolute atomic E-state index is 7.53. The van der Waals surface area contributed by atoms with E-state index >= 15 is 0 Å². The van der Waals surface area contributed by atoms with Gasteiger partial charge in [0.1, 0.15) is 11.0 Å². The quantitative estimate of drug-likeness (QED) is 0.165. The van der Waals surface area contributed by atoms with Crippen LogP contribution < -0.4 is 0 Å². The monoisotopic (exact) mass is 852 g/mol. The molecule has 4 heterocycles. The molecule has 0 aliphatic heterocycles. The smallest absolute Gasteiger partial charge is 0.162 e. The third kappa shape index (κ3) is 5.27. The zero-order valence-corrected chi connectivity index (χ0v) is 38.6. The molecular formula is C62H48N2O2. The fraction of sp³-hybridized carbons (Fsp3) is 0.129. The lowest BCUT2D eigenvalue weighted by atomic mass is 9.94. The highest BCUT2D eigenvalue weighted by atomic mass is 16.3. The van der Waals surface area contributed by atoms with Crippen LogP contribution in [0.25, 0.3) is 121 Å². The van der Waals surface area contributed by atoms with Gasteiger partial charge in [0.2, 0.25) is 0 Å². The first-order chi connectivity index (χ1) is 32.0. The normalized spacial score (nSPS) is 12.2. The minimum absolute atomic E-state index is 0.831. The van der Waals surface area contributed by atoms with Crippen molar-refractivity contribution in [3.8, 4) is 44.5 Å². The van der Waals surface area contributed by atoms with E-state index in [1.807, 2.05) is 0 Å². The van der Waals surface area contributed by atoms with Gasteiger partial charge in [-0.3, -0.25) is 0 Å². The third-order valence-corrected chi connectivity index (χ3v) is 14.7. The highest BCUT2D eigenvalue weighted by Crippen LogP contribution is 2.50. The average Bonchev–Trinajstić information content (AvgIpc) is 3.82. The van der Waals surface area contributed by atoms with E-state index in [0.717, 1.165) is 88.1 Å². The lowest BCUT2D eigenvalue weighted by molar-refractivity contribution is 0.653. The molecule has 4 nitrogen and oxygen atoms in total. The van der Waals surface area contributed by atoms with Crippen LogP contribution in [0.2, 0.25) is 0 Å². The number of fused-ring (bicyclic) bond motifs is 12. The molecule has 318 valence electrons. The van der Waals surface area contributed by atoms with Crippen LogP contribution in [-0.4, -0.2) is 8.80 Å². The summed E-state index contributed by atoms with van der Waals surface area (Å²) in [7, 11) is 0. The molecule has 0 bridgehead atoms. The molecule has 0 amide bonds. The average molecular weight is 853 g/mol. The number of aryl methyl sites for hydroxylation is 8. The first-order valence-electron chi connectivity index (χ1n) is 23.1. The zero-order valence-electron chi connectivity index (χ0n) is 38.6. The van der Waals surface area contributed by atoms with E-state index in [2.05, 4.69) is 210 Å². The Balaban J connectivity index is 1.27. The molecule has 0 atom stereocenters. The summed E-state index contributed by atoms with van der Waals surface area (Å²) in [6.45, 7) is 17.7. The van der Waals surface area contributed by atoms with Crippen LogP contribution in [0.1, 0.15) is 44.5 Å². The summed E-state index contributed by atoms with van der Waals surface area (Å²) in [6.07, 6.45) is 0. The van der Waals surface area contributed by atoms with Crippen molar-refractivity contribution >= 4 is 77.0 Å². The van der Waals surface area contributed by atoms with Crippen molar-refractivity contribution in [2.75, 3.05) is 0 Å². The molecule has 9 aromatic carbocycles. The summed E-state index contributed by atoms with van der Waals surface area (Å²) in [5.74, 6) is 0. The molecular weight excluding hydrogens is 805 g/mol. The molecule has 0 N–H and O–H groups in total. The van der Waals surface area contributed by atoms with Crippen molar-refractivity contribution in [1.29, 1.82) is 0 Å². The topological polar surface area (TPSA) is 35.1 Å². The lowest BCUT2D eigenvalue weighted by Gasteiger charge is -2.14. The second-order valence-corrected chi connectivity index (χ2v) is 18.9. The molecule has 0 aliphatic carbocycles. The Bertz CT molecular complexity index is 3900. The second kappa shape index (κ2) is 13.8. The molecule has 0 spiro atoms. The fourth-order valence-electron chi connectivity index (χ4n) is 11.9. The minimum Gasteiger partial charge on any atom is -0.452 e. The standard InChI is InChI=1S/C62H48N2O2/c1-33-13-9-14-34(2)53(33)41-21-25-47-45(29-41)57-59-62(66-51-31-43(23-27-49(51)63(47)59)55-37(5)17-11-18-38(55)6)58-46-30-42(54-35(3)15-10-16-36(54)4)22-26-48(46)64-50-28-24-44(32-52(50)65-61(57)60(58)64)56-39(7)19-12-20-40(56)8/h9-32H,1-8H3. The maximum atomic E-state index is 7.53. The molecule has 0 saturated carbocycles. The number of hydrogen-bond acceptors (Lipinski definition) is 2. The van der Waals surface area contributed by atoms with Gasteiger partial charge in [0.05, 0.1) is 32.8 Å². The molecule has 13 rings (SSSR count). The minimum atomic E-state index is 0.831. The molecule has 13 aromatic rings. The van der Waals surface area contributed by atoms with E-state index < -0.39 is 0 Å². The Morgan fingerprint density at radius 2 is 0.576 bits per heavy atom.